The van der Waals surface area contributed by atoms with Crippen LogP contribution in [-0.4, -0.2) is 29.1 Å². The Morgan fingerprint density at radius 2 is 2.13 bits per heavy atom. The average Bonchev–Trinajstić information content (AvgIpc) is 3.04. The molecule has 122 valence electrons. The van der Waals surface area contributed by atoms with Gasteiger partial charge in [0.15, 0.2) is 6.29 Å². The molecule has 7 heteroatoms. The Labute approximate surface area is 131 Å². The molecule has 0 unspecified atom stereocenters. The predicted octanol–water partition coefficient (Wildman–Crippen LogP) is 3.14. The number of hydrogen-bond acceptors (Lipinski definition) is 5. The maximum absolute atomic E-state index is 13.2. The van der Waals surface area contributed by atoms with Crippen molar-refractivity contribution in [3.63, 3.8) is 0 Å². The topological polar surface area (TPSA) is 81.8 Å². The zero-order valence-corrected chi connectivity index (χ0v) is 12.3. The number of ether oxygens (including phenoxy) is 2. The molecule has 1 saturated heterocycles. The Morgan fingerprint density at radius 1 is 1.35 bits per heavy atom. The first-order valence-electron chi connectivity index (χ1n) is 7.35. The van der Waals surface area contributed by atoms with Crippen molar-refractivity contribution in [1.82, 2.24) is 5.16 Å². The molecule has 1 aliphatic heterocycles. The van der Waals surface area contributed by atoms with Crippen molar-refractivity contribution in [1.29, 1.82) is 0 Å². The number of nitrogens with zero attached hydrogens (tertiary/aromatic N) is 1. The maximum Gasteiger partial charge on any atom is 0.341 e. The van der Waals surface area contributed by atoms with Crippen molar-refractivity contribution in [2.45, 2.75) is 31.7 Å². The molecule has 1 aliphatic rings. The van der Waals surface area contributed by atoms with Crippen molar-refractivity contribution in [2.24, 2.45) is 0 Å². The van der Waals surface area contributed by atoms with E-state index in [4.69, 9.17) is 14.0 Å². The Kier molecular flexibility index (Phi) is 4.68. The lowest BCUT2D eigenvalue weighted by Crippen LogP contribution is -2.25. The molecule has 1 fully saturated rings. The van der Waals surface area contributed by atoms with E-state index in [1.165, 1.54) is 24.3 Å². The van der Waals surface area contributed by atoms with Gasteiger partial charge in [0.25, 0.3) is 0 Å². The van der Waals surface area contributed by atoms with Crippen LogP contribution in [0.15, 0.2) is 35.1 Å². The first-order chi connectivity index (χ1) is 11.1. The van der Waals surface area contributed by atoms with Crippen molar-refractivity contribution in [2.75, 3.05) is 6.61 Å². The predicted molar refractivity (Wildman–Crippen MR) is 76.4 cm³/mol. The smallest absolute Gasteiger partial charge is 0.341 e. The fourth-order valence-electron chi connectivity index (χ4n) is 2.50. The summed E-state index contributed by atoms with van der Waals surface area (Å²) in [7, 11) is 0. The maximum atomic E-state index is 13.2. The fraction of sp³-hybridized carbons (Fsp3) is 0.375. The third kappa shape index (κ3) is 3.57. The molecule has 1 aromatic heterocycles. The highest BCUT2D eigenvalue weighted by atomic mass is 19.1. The number of carbonyl (C=O) groups is 1. The molecule has 3 rings (SSSR count). The number of aromatic nitrogens is 1. The van der Waals surface area contributed by atoms with Gasteiger partial charge in [-0.05, 0) is 37.0 Å². The van der Waals surface area contributed by atoms with Gasteiger partial charge in [-0.3, -0.25) is 0 Å². The van der Waals surface area contributed by atoms with E-state index in [0.717, 1.165) is 19.1 Å². The normalized spacial score (nSPS) is 19.4. The third-order valence-electron chi connectivity index (χ3n) is 3.67. The molecule has 0 spiro atoms. The van der Waals surface area contributed by atoms with Crippen LogP contribution >= 0.6 is 0 Å². The van der Waals surface area contributed by atoms with E-state index in [2.05, 4.69) is 5.16 Å². The van der Waals surface area contributed by atoms with Crippen LogP contribution in [0.1, 0.15) is 47.0 Å². The van der Waals surface area contributed by atoms with Gasteiger partial charge < -0.3 is 19.1 Å². The van der Waals surface area contributed by atoms with E-state index in [9.17, 15) is 14.3 Å². The lowest BCUT2D eigenvalue weighted by Gasteiger charge is -2.27. The first kappa shape index (κ1) is 15.6. The van der Waals surface area contributed by atoms with Gasteiger partial charge in [-0.1, -0.05) is 17.3 Å². The minimum absolute atomic E-state index is 0.0878. The second-order valence-corrected chi connectivity index (χ2v) is 5.28. The van der Waals surface area contributed by atoms with Gasteiger partial charge in [0.05, 0.1) is 0 Å². The molecule has 0 aliphatic carbocycles. The summed E-state index contributed by atoms with van der Waals surface area (Å²) in [5.41, 5.74) is 0.630. The van der Waals surface area contributed by atoms with E-state index in [1.807, 2.05) is 0 Å². The number of rotatable bonds is 5. The molecular weight excluding hydrogens is 305 g/mol. The summed E-state index contributed by atoms with van der Waals surface area (Å²) in [5, 5.41) is 13.0. The monoisotopic (exact) mass is 321 g/mol. The Hall–Kier alpha value is -2.25. The summed E-state index contributed by atoms with van der Waals surface area (Å²) in [4.78, 5) is 11.3. The molecule has 0 bridgehead atoms. The van der Waals surface area contributed by atoms with Gasteiger partial charge >= 0.3 is 5.97 Å². The lowest BCUT2D eigenvalue weighted by molar-refractivity contribution is -0.182. The molecule has 2 aromatic rings. The fourth-order valence-corrected chi connectivity index (χ4v) is 2.50. The molecule has 23 heavy (non-hydrogen) atoms. The van der Waals surface area contributed by atoms with Crippen LogP contribution < -0.4 is 0 Å². The molecule has 0 radical (unpaired) electrons. The average molecular weight is 321 g/mol. The van der Waals surface area contributed by atoms with Gasteiger partial charge in [-0.15, -0.1) is 0 Å². The number of carboxylic acids is 1. The molecule has 2 atom stereocenters. The number of halogens is 1. The number of aromatic carboxylic acids is 1. The van der Waals surface area contributed by atoms with Crippen LogP contribution in [0.5, 0.6) is 0 Å². The van der Waals surface area contributed by atoms with Gasteiger partial charge in [-0.2, -0.15) is 0 Å². The summed E-state index contributed by atoms with van der Waals surface area (Å²) < 4.78 is 29.4. The minimum atomic E-state index is -1.17. The highest BCUT2D eigenvalue weighted by molar-refractivity contribution is 5.88. The van der Waals surface area contributed by atoms with Crippen molar-refractivity contribution in [3.8, 4) is 0 Å². The molecule has 2 heterocycles. The van der Waals surface area contributed by atoms with Crippen molar-refractivity contribution < 1.29 is 28.3 Å². The van der Waals surface area contributed by atoms with E-state index >= 15 is 0 Å². The van der Waals surface area contributed by atoms with Gasteiger partial charge in [-0.25, -0.2) is 9.18 Å². The van der Waals surface area contributed by atoms with Crippen LogP contribution in [0.25, 0.3) is 0 Å². The zero-order chi connectivity index (χ0) is 16.2. The zero-order valence-electron chi connectivity index (χ0n) is 12.3. The summed E-state index contributed by atoms with van der Waals surface area (Å²) in [6, 6.07) is 5.63. The first-order valence-corrected chi connectivity index (χ1v) is 7.35. The van der Waals surface area contributed by atoms with Crippen molar-refractivity contribution in [3.05, 3.63) is 53.2 Å². The standard InChI is InChI=1S/C16H16FNO5/c17-11-6-4-10(5-7-11)15(23-13-3-1-2-8-21-13)14-12(16(19)20)9-22-18-14/h4-7,9,13,15H,1-3,8H2,(H,19,20)/t13-,15+/m0/s1. The van der Waals surface area contributed by atoms with E-state index in [1.54, 1.807) is 0 Å². The SMILES string of the molecule is O=C(O)c1conc1[C@H](O[C@H]1CCCCO1)c1ccc(F)cc1. The summed E-state index contributed by atoms with van der Waals surface area (Å²) >= 11 is 0. The summed E-state index contributed by atoms with van der Waals surface area (Å²) in [6.45, 7) is 0.589. The van der Waals surface area contributed by atoms with Gasteiger partial charge in [0.2, 0.25) is 0 Å². The molecule has 1 N–H and O–H groups in total. The number of hydrogen-bond donors (Lipinski definition) is 1. The summed E-state index contributed by atoms with van der Waals surface area (Å²) in [5.74, 6) is -1.55. The molecule has 6 nitrogen and oxygen atoms in total. The minimum Gasteiger partial charge on any atom is -0.478 e. The third-order valence-corrected chi connectivity index (χ3v) is 3.67. The molecule has 1 aromatic carbocycles. The van der Waals surface area contributed by atoms with E-state index < -0.39 is 18.4 Å². The van der Waals surface area contributed by atoms with Crippen LogP contribution in [0.3, 0.4) is 0 Å². The molecule has 0 amide bonds. The lowest BCUT2D eigenvalue weighted by atomic mass is 10.0. The van der Waals surface area contributed by atoms with Crippen LogP contribution in [0.2, 0.25) is 0 Å². The van der Waals surface area contributed by atoms with E-state index in [0.29, 0.717) is 18.6 Å². The number of benzene rings is 1. The van der Waals surface area contributed by atoms with Gasteiger partial charge in [0, 0.05) is 6.61 Å². The van der Waals surface area contributed by atoms with Crippen LogP contribution in [0, 0.1) is 5.82 Å². The molecular formula is C16H16FNO5. The van der Waals surface area contributed by atoms with Gasteiger partial charge in [0.1, 0.15) is 29.4 Å². The largest absolute Gasteiger partial charge is 0.478 e. The van der Waals surface area contributed by atoms with E-state index in [-0.39, 0.29) is 17.1 Å². The van der Waals surface area contributed by atoms with Crippen LogP contribution in [-0.2, 0) is 9.47 Å². The second-order valence-electron chi connectivity index (χ2n) is 5.28. The van der Waals surface area contributed by atoms with Crippen molar-refractivity contribution >= 4 is 5.97 Å². The Morgan fingerprint density at radius 3 is 2.78 bits per heavy atom. The highest BCUT2D eigenvalue weighted by Crippen LogP contribution is 2.31. The Bertz CT molecular complexity index is 663. The Balaban J connectivity index is 1.93. The summed E-state index contributed by atoms with van der Waals surface area (Å²) in [6.07, 6.45) is 2.43. The quantitative estimate of drug-likeness (QED) is 0.911. The molecule has 0 saturated carbocycles. The second kappa shape index (κ2) is 6.89. The highest BCUT2D eigenvalue weighted by Gasteiger charge is 2.29. The van der Waals surface area contributed by atoms with Crippen LogP contribution in [0.4, 0.5) is 4.39 Å². The number of carboxylic acid groups (broad SMARTS) is 1.